The number of aromatic nitrogens is 2. The Balaban J connectivity index is 1.72. The molecule has 0 spiro atoms. The third kappa shape index (κ3) is 5.62. The molecule has 3 aromatic rings. The standard InChI is InChI=1S/C24H31N3O/c1-3-4-5-6-10-17-27(19-20-11-8-7-9-12-20)24-25-18-23(26-24)21-13-15-22(28-2)16-14-21/h7-9,11-16,18H,3-6,10,17,19H2,1-2H3,(H,25,26). The van der Waals surface area contributed by atoms with Crippen molar-refractivity contribution in [2.24, 2.45) is 0 Å². The molecule has 0 aliphatic heterocycles. The molecule has 0 aliphatic rings. The number of hydrogen-bond donors (Lipinski definition) is 1. The second kappa shape index (κ2) is 10.5. The third-order valence-electron chi connectivity index (χ3n) is 5.01. The van der Waals surface area contributed by atoms with Crippen LogP contribution >= 0.6 is 0 Å². The topological polar surface area (TPSA) is 41.2 Å². The first-order chi connectivity index (χ1) is 13.8. The fourth-order valence-corrected chi connectivity index (χ4v) is 3.36. The zero-order valence-corrected chi connectivity index (χ0v) is 17.0. The summed E-state index contributed by atoms with van der Waals surface area (Å²) in [6, 6.07) is 18.7. The van der Waals surface area contributed by atoms with Crippen molar-refractivity contribution in [3.05, 3.63) is 66.4 Å². The Morgan fingerprint density at radius 3 is 2.39 bits per heavy atom. The Morgan fingerprint density at radius 1 is 0.929 bits per heavy atom. The van der Waals surface area contributed by atoms with Gasteiger partial charge < -0.3 is 14.6 Å². The van der Waals surface area contributed by atoms with Gasteiger partial charge in [0.2, 0.25) is 5.95 Å². The average Bonchev–Trinajstić information content (AvgIpc) is 3.24. The van der Waals surface area contributed by atoms with E-state index in [1.807, 2.05) is 18.3 Å². The van der Waals surface area contributed by atoms with Gasteiger partial charge in [-0.05, 0) is 41.8 Å². The van der Waals surface area contributed by atoms with Crippen LogP contribution in [-0.2, 0) is 6.54 Å². The van der Waals surface area contributed by atoms with Crippen molar-refractivity contribution in [2.75, 3.05) is 18.6 Å². The van der Waals surface area contributed by atoms with Crippen molar-refractivity contribution < 1.29 is 4.74 Å². The second-order valence-electron chi connectivity index (χ2n) is 7.17. The van der Waals surface area contributed by atoms with E-state index in [-0.39, 0.29) is 0 Å². The van der Waals surface area contributed by atoms with Gasteiger partial charge in [0.1, 0.15) is 5.75 Å². The van der Waals surface area contributed by atoms with Crippen molar-refractivity contribution in [3.8, 4) is 17.0 Å². The van der Waals surface area contributed by atoms with Gasteiger partial charge >= 0.3 is 0 Å². The van der Waals surface area contributed by atoms with Gasteiger partial charge in [0.25, 0.3) is 0 Å². The highest BCUT2D eigenvalue weighted by molar-refractivity contribution is 5.61. The molecule has 3 rings (SSSR count). The lowest BCUT2D eigenvalue weighted by Crippen LogP contribution is -2.25. The number of unbranched alkanes of at least 4 members (excludes halogenated alkanes) is 4. The monoisotopic (exact) mass is 377 g/mol. The molecule has 0 amide bonds. The molecule has 0 aliphatic carbocycles. The molecule has 0 saturated heterocycles. The van der Waals surface area contributed by atoms with Gasteiger partial charge in [-0.25, -0.2) is 4.98 Å². The molecule has 28 heavy (non-hydrogen) atoms. The SMILES string of the molecule is CCCCCCCN(Cc1ccccc1)c1ncc(-c2ccc(OC)cc2)[nH]1. The summed E-state index contributed by atoms with van der Waals surface area (Å²) in [5.41, 5.74) is 3.45. The van der Waals surface area contributed by atoms with Gasteiger partial charge in [0.05, 0.1) is 19.0 Å². The summed E-state index contributed by atoms with van der Waals surface area (Å²) in [6.45, 7) is 4.13. The Kier molecular flexibility index (Phi) is 7.53. The summed E-state index contributed by atoms with van der Waals surface area (Å²) in [5, 5.41) is 0. The van der Waals surface area contributed by atoms with Crippen molar-refractivity contribution in [2.45, 2.75) is 45.6 Å². The smallest absolute Gasteiger partial charge is 0.203 e. The van der Waals surface area contributed by atoms with Crippen LogP contribution in [0.3, 0.4) is 0 Å². The van der Waals surface area contributed by atoms with Crippen LogP contribution in [0.5, 0.6) is 5.75 Å². The number of anilines is 1. The Labute approximate surface area is 168 Å². The molecule has 2 aromatic carbocycles. The van der Waals surface area contributed by atoms with Crippen molar-refractivity contribution in [1.29, 1.82) is 0 Å². The number of nitrogens with one attached hydrogen (secondary N) is 1. The summed E-state index contributed by atoms with van der Waals surface area (Å²) >= 11 is 0. The zero-order chi connectivity index (χ0) is 19.6. The molecule has 148 valence electrons. The maximum Gasteiger partial charge on any atom is 0.203 e. The number of ether oxygens (including phenoxy) is 1. The van der Waals surface area contributed by atoms with Crippen LogP contribution in [0, 0.1) is 0 Å². The van der Waals surface area contributed by atoms with E-state index in [0.29, 0.717) is 0 Å². The number of aromatic amines is 1. The van der Waals surface area contributed by atoms with Crippen LogP contribution < -0.4 is 9.64 Å². The van der Waals surface area contributed by atoms with E-state index in [1.165, 1.54) is 37.7 Å². The molecular formula is C24H31N3O. The van der Waals surface area contributed by atoms with Crippen LogP contribution in [0.1, 0.15) is 44.6 Å². The Bertz CT molecular complexity index is 811. The Hall–Kier alpha value is -2.75. The lowest BCUT2D eigenvalue weighted by Gasteiger charge is -2.22. The summed E-state index contributed by atoms with van der Waals surface area (Å²) in [4.78, 5) is 10.6. The van der Waals surface area contributed by atoms with Gasteiger partial charge in [0.15, 0.2) is 0 Å². The van der Waals surface area contributed by atoms with Crippen LogP contribution in [0.4, 0.5) is 5.95 Å². The first-order valence-electron chi connectivity index (χ1n) is 10.3. The molecule has 0 unspecified atom stereocenters. The normalized spacial score (nSPS) is 10.8. The van der Waals surface area contributed by atoms with E-state index in [1.54, 1.807) is 7.11 Å². The maximum absolute atomic E-state index is 5.25. The largest absolute Gasteiger partial charge is 0.497 e. The molecule has 0 saturated carbocycles. The number of H-pyrrole nitrogens is 1. The van der Waals surface area contributed by atoms with E-state index in [0.717, 1.165) is 36.0 Å². The lowest BCUT2D eigenvalue weighted by atomic mass is 10.1. The minimum absolute atomic E-state index is 0.862. The van der Waals surface area contributed by atoms with Crippen molar-refractivity contribution in [3.63, 3.8) is 0 Å². The summed E-state index contributed by atoms with van der Waals surface area (Å²) in [5.74, 6) is 1.80. The van der Waals surface area contributed by atoms with E-state index in [4.69, 9.17) is 4.74 Å². The first-order valence-corrected chi connectivity index (χ1v) is 10.3. The number of nitrogens with zero attached hydrogens (tertiary/aromatic N) is 2. The predicted molar refractivity (Wildman–Crippen MR) is 117 cm³/mol. The van der Waals surface area contributed by atoms with Gasteiger partial charge in [0, 0.05) is 13.1 Å². The number of hydrogen-bond acceptors (Lipinski definition) is 3. The number of methoxy groups -OCH3 is 1. The molecule has 4 heteroatoms. The highest BCUT2D eigenvalue weighted by atomic mass is 16.5. The molecule has 0 atom stereocenters. The van der Waals surface area contributed by atoms with Crippen LogP contribution in [-0.4, -0.2) is 23.6 Å². The Morgan fingerprint density at radius 2 is 1.68 bits per heavy atom. The van der Waals surface area contributed by atoms with Crippen LogP contribution in [0.2, 0.25) is 0 Å². The van der Waals surface area contributed by atoms with E-state index in [9.17, 15) is 0 Å². The molecule has 1 heterocycles. The molecule has 0 fully saturated rings. The number of imidazole rings is 1. The van der Waals surface area contributed by atoms with Crippen molar-refractivity contribution >= 4 is 5.95 Å². The molecule has 1 aromatic heterocycles. The van der Waals surface area contributed by atoms with E-state index in [2.05, 4.69) is 64.3 Å². The minimum Gasteiger partial charge on any atom is -0.497 e. The quantitative estimate of drug-likeness (QED) is 0.413. The van der Waals surface area contributed by atoms with Gasteiger partial charge in [-0.3, -0.25) is 0 Å². The highest BCUT2D eigenvalue weighted by Gasteiger charge is 2.12. The van der Waals surface area contributed by atoms with Crippen LogP contribution in [0.15, 0.2) is 60.8 Å². The zero-order valence-electron chi connectivity index (χ0n) is 17.0. The number of benzene rings is 2. The summed E-state index contributed by atoms with van der Waals surface area (Å²) in [7, 11) is 1.69. The summed E-state index contributed by atoms with van der Waals surface area (Å²) in [6.07, 6.45) is 8.28. The van der Waals surface area contributed by atoms with E-state index < -0.39 is 0 Å². The van der Waals surface area contributed by atoms with E-state index >= 15 is 0 Å². The summed E-state index contributed by atoms with van der Waals surface area (Å²) < 4.78 is 5.25. The minimum atomic E-state index is 0.862. The molecule has 0 radical (unpaired) electrons. The first kappa shape index (κ1) is 20.0. The number of rotatable bonds is 11. The molecule has 4 nitrogen and oxygen atoms in total. The van der Waals surface area contributed by atoms with Crippen molar-refractivity contribution in [1.82, 2.24) is 9.97 Å². The molecule has 0 bridgehead atoms. The second-order valence-corrected chi connectivity index (χ2v) is 7.17. The fourth-order valence-electron chi connectivity index (χ4n) is 3.36. The molecule has 1 N–H and O–H groups in total. The molecular weight excluding hydrogens is 346 g/mol. The fraction of sp³-hybridized carbons (Fsp3) is 0.375. The van der Waals surface area contributed by atoms with Gasteiger partial charge in [-0.15, -0.1) is 0 Å². The highest BCUT2D eigenvalue weighted by Crippen LogP contribution is 2.24. The average molecular weight is 378 g/mol. The predicted octanol–water partition coefficient (Wildman–Crippen LogP) is 6.06. The maximum atomic E-state index is 5.25. The van der Waals surface area contributed by atoms with Crippen LogP contribution in [0.25, 0.3) is 11.3 Å². The lowest BCUT2D eigenvalue weighted by molar-refractivity contribution is 0.415. The third-order valence-corrected chi connectivity index (χ3v) is 5.01. The van der Waals surface area contributed by atoms with Gasteiger partial charge in [-0.2, -0.15) is 0 Å². The van der Waals surface area contributed by atoms with Gasteiger partial charge in [-0.1, -0.05) is 62.9 Å².